The Hall–Kier alpha value is -1.23. The molecule has 3 N–H and O–H groups in total. The first kappa shape index (κ1) is 28.8. The summed E-state index contributed by atoms with van der Waals surface area (Å²) >= 11 is 11.8. The topological polar surface area (TPSA) is 114 Å². The van der Waals surface area contributed by atoms with Crippen molar-refractivity contribution in [2.45, 2.75) is 117 Å². The number of ether oxygens (including phenoxy) is 2. The first-order valence-corrected chi connectivity index (χ1v) is 14.0. The van der Waals surface area contributed by atoms with Crippen molar-refractivity contribution in [1.82, 2.24) is 10.6 Å². The van der Waals surface area contributed by atoms with E-state index in [1.165, 1.54) is 0 Å². The highest BCUT2D eigenvalue weighted by Gasteiger charge is 2.58. The van der Waals surface area contributed by atoms with Gasteiger partial charge in [0, 0.05) is 18.4 Å². The van der Waals surface area contributed by atoms with Crippen molar-refractivity contribution in [1.29, 1.82) is 0 Å². The van der Waals surface area contributed by atoms with E-state index in [-0.39, 0.29) is 44.5 Å². The number of amides is 2. The van der Waals surface area contributed by atoms with Gasteiger partial charge in [0.2, 0.25) is 11.8 Å². The lowest BCUT2D eigenvalue weighted by Crippen LogP contribution is -2.69. The van der Waals surface area contributed by atoms with Crippen LogP contribution < -0.4 is 10.6 Å². The highest BCUT2D eigenvalue weighted by molar-refractivity contribution is 6.21. The van der Waals surface area contributed by atoms with Crippen molar-refractivity contribution >= 4 is 41.0 Å². The molecule has 0 aromatic heterocycles. The van der Waals surface area contributed by atoms with Crippen molar-refractivity contribution in [2.75, 3.05) is 13.2 Å². The number of carboxylic acid groups (broad SMARTS) is 1. The third-order valence-corrected chi connectivity index (χ3v) is 9.63. The molecular formula is C25H36Cl2F2N2O6. The van der Waals surface area contributed by atoms with E-state index in [1.807, 2.05) is 0 Å². The SMILES string of the molecule is O=C(COC1CCC(Cl)C(F)C1)NC12CCC(NC(=O)COC3CCC(Cl)C(F)C3)(CC1)[C@H](C(=O)O)C2. The zero-order valence-corrected chi connectivity index (χ0v) is 22.2. The Morgan fingerprint density at radius 1 is 0.811 bits per heavy atom. The summed E-state index contributed by atoms with van der Waals surface area (Å²) < 4.78 is 38.9. The Morgan fingerprint density at radius 3 is 1.76 bits per heavy atom. The summed E-state index contributed by atoms with van der Waals surface area (Å²) in [6, 6.07) is 0. The van der Waals surface area contributed by atoms with Crippen molar-refractivity contribution in [3.63, 3.8) is 0 Å². The largest absolute Gasteiger partial charge is 0.481 e. The number of carbonyl (C=O) groups is 3. The number of alkyl halides is 4. The van der Waals surface area contributed by atoms with E-state index in [0.29, 0.717) is 51.4 Å². The highest BCUT2D eigenvalue weighted by Crippen LogP contribution is 2.50. The van der Waals surface area contributed by atoms with Crippen molar-refractivity contribution in [3.8, 4) is 0 Å². The summed E-state index contributed by atoms with van der Waals surface area (Å²) in [4.78, 5) is 37.6. The summed E-state index contributed by atoms with van der Waals surface area (Å²) in [7, 11) is 0. The van der Waals surface area contributed by atoms with Crippen molar-refractivity contribution in [3.05, 3.63) is 0 Å². The maximum absolute atomic E-state index is 13.8. The molecule has 5 fully saturated rings. The summed E-state index contributed by atoms with van der Waals surface area (Å²) in [5, 5.41) is 14.8. The third-order valence-electron chi connectivity index (χ3n) is 8.64. The molecule has 2 bridgehead atoms. The van der Waals surface area contributed by atoms with Gasteiger partial charge in [-0.15, -0.1) is 23.2 Å². The molecule has 0 aromatic carbocycles. The predicted molar refractivity (Wildman–Crippen MR) is 132 cm³/mol. The van der Waals surface area contributed by atoms with Crippen LogP contribution in [0.4, 0.5) is 8.78 Å². The maximum atomic E-state index is 13.8. The Balaban J connectivity index is 1.28. The first-order valence-electron chi connectivity index (χ1n) is 13.2. The molecular weight excluding hydrogens is 533 g/mol. The normalized spacial score (nSPS) is 41.7. The molecule has 5 aliphatic carbocycles. The number of hydrogen-bond acceptors (Lipinski definition) is 5. The molecule has 0 aliphatic heterocycles. The minimum Gasteiger partial charge on any atom is -0.481 e. The zero-order chi connectivity index (χ0) is 26.8. The first-order chi connectivity index (χ1) is 17.5. The molecule has 0 spiro atoms. The van der Waals surface area contributed by atoms with Gasteiger partial charge >= 0.3 is 5.97 Å². The smallest absolute Gasteiger partial charge is 0.308 e. The molecule has 8 nitrogen and oxygen atoms in total. The molecule has 0 radical (unpaired) electrons. The third kappa shape index (κ3) is 6.86. The molecule has 7 atom stereocenters. The van der Waals surface area contributed by atoms with Gasteiger partial charge in [-0.1, -0.05) is 0 Å². The van der Waals surface area contributed by atoms with Gasteiger partial charge in [0.25, 0.3) is 0 Å². The second kappa shape index (κ2) is 11.9. The number of fused-ring (bicyclic) bond motifs is 3. The number of aliphatic carboxylic acids is 1. The monoisotopic (exact) mass is 568 g/mol. The fourth-order valence-electron chi connectivity index (χ4n) is 6.45. The number of hydrogen-bond donors (Lipinski definition) is 3. The standard InChI is InChI=1S/C25H36Cl2F2N2O6/c26-17-3-1-14(9-19(17)28)36-12-21(32)30-24-5-7-25(8-6-24,16(11-24)23(34)35)31-22(33)13-37-15-2-4-18(27)20(29)10-15/h14-20H,1-13H2,(H,30,32)(H,31,33)(H,34,35)/t14?,15?,16-,17?,18?,19?,20?,24?,25?/m0/s1. The van der Waals surface area contributed by atoms with Gasteiger partial charge in [-0.05, 0) is 57.8 Å². The van der Waals surface area contributed by atoms with E-state index in [1.54, 1.807) is 0 Å². The molecule has 2 amide bonds. The van der Waals surface area contributed by atoms with Crippen molar-refractivity contribution < 1.29 is 37.7 Å². The Morgan fingerprint density at radius 2 is 1.30 bits per heavy atom. The minimum atomic E-state index is -1.18. The average molecular weight is 569 g/mol. The molecule has 5 aliphatic rings. The molecule has 0 aromatic rings. The van der Waals surface area contributed by atoms with Crippen LogP contribution >= 0.6 is 23.2 Å². The van der Waals surface area contributed by atoms with Gasteiger partial charge < -0.3 is 25.2 Å². The average Bonchev–Trinajstić information content (AvgIpc) is 2.86. The van der Waals surface area contributed by atoms with Crippen LogP contribution in [0, 0.1) is 5.92 Å². The van der Waals surface area contributed by atoms with E-state index < -0.39 is 58.1 Å². The summed E-state index contributed by atoms with van der Waals surface area (Å²) in [5.41, 5.74) is -1.62. The van der Waals surface area contributed by atoms with E-state index in [0.717, 1.165) is 0 Å². The van der Waals surface area contributed by atoms with E-state index >= 15 is 0 Å². The molecule has 12 heteroatoms. The number of halogens is 4. The summed E-state index contributed by atoms with van der Waals surface area (Å²) in [6.45, 7) is -0.503. The van der Waals surface area contributed by atoms with Crippen LogP contribution in [0.5, 0.6) is 0 Å². The number of rotatable bonds is 9. The number of carboxylic acids is 1. The zero-order valence-electron chi connectivity index (χ0n) is 20.7. The highest BCUT2D eigenvalue weighted by atomic mass is 35.5. The Bertz CT molecular complexity index is 859. The van der Waals surface area contributed by atoms with Gasteiger partial charge in [0.1, 0.15) is 25.6 Å². The van der Waals surface area contributed by atoms with Crippen LogP contribution in [-0.2, 0) is 23.9 Å². The van der Waals surface area contributed by atoms with Crippen LogP contribution in [0.25, 0.3) is 0 Å². The van der Waals surface area contributed by atoms with E-state index in [9.17, 15) is 28.3 Å². The molecule has 6 unspecified atom stereocenters. The second-order valence-corrected chi connectivity index (χ2v) is 12.3. The van der Waals surface area contributed by atoms with Gasteiger partial charge in [-0.3, -0.25) is 14.4 Å². The van der Waals surface area contributed by atoms with E-state index in [2.05, 4.69) is 10.6 Å². The quantitative estimate of drug-likeness (QED) is 0.367. The molecule has 37 heavy (non-hydrogen) atoms. The fraction of sp³-hybridized carbons (Fsp3) is 0.880. The van der Waals surface area contributed by atoms with E-state index in [4.69, 9.17) is 32.7 Å². The van der Waals surface area contributed by atoms with Gasteiger partial charge in [0.15, 0.2) is 0 Å². The summed E-state index contributed by atoms with van der Waals surface area (Å²) in [6.07, 6.45) is 1.30. The molecule has 5 rings (SSSR count). The molecule has 0 heterocycles. The lowest BCUT2D eigenvalue weighted by atomic mass is 9.56. The molecule has 210 valence electrons. The van der Waals surface area contributed by atoms with Crippen LogP contribution in [0.1, 0.15) is 70.6 Å². The second-order valence-electron chi connectivity index (χ2n) is 11.2. The van der Waals surface area contributed by atoms with Gasteiger partial charge in [-0.25, -0.2) is 8.78 Å². The maximum Gasteiger partial charge on any atom is 0.308 e. The molecule has 0 saturated heterocycles. The Labute approximate surface area is 225 Å². The van der Waals surface area contributed by atoms with Crippen LogP contribution in [-0.4, -0.2) is 82.5 Å². The van der Waals surface area contributed by atoms with Gasteiger partial charge in [0.05, 0.1) is 34.4 Å². The van der Waals surface area contributed by atoms with Crippen molar-refractivity contribution in [2.24, 2.45) is 5.92 Å². The van der Waals surface area contributed by atoms with Crippen LogP contribution in [0.15, 0.2) is 0 Å². The minimum absolute atomic E-state index is 0.138. The molecule has 5 saturated carbocycles. The summed E-state index contributed by atoms with van der Waals surface area (Å²) in [5.74, 6) is -2.71. The Kier molecular flexibility index (Phi) is 9.24. The van der Waals surface area contributed by atoms with Crippen LogP contribution in [0.2, 0.25) is 0 Å². The number of nitrogens with one attached hydrogen (secondary N) is 2. The lowest BCUT2D eigenvalue weighted by molar-refractivity contribution is -0.155. The predicted octanol–water partition coefficient (Wildman–Crippen LogP) is 3.40. The fourth-order valence-corrected chi connectivity index (χ4v) is 6.90. The van der Waals surface area contributed by atoms with Crippen LogP contribution in [0.3, 0.4) is 0 Å². The lowest BCUT2D eigenvalue weighted by Gasteiger charge is -2.56. The number of carbonyl (C=O) groups excluding carboxylic acids is 2. The van der Waals surface area contributed by atoms with Gasteiger partial charge in [-0.2, -0.15) is 0 Å².